The Balaban J connectivity index is 1.85. The van der Waals surface area contributed by atoms with Gasteiger partial charge in [-0.1, -0.05) is 36.9 Å². The van der Waals surface area contributed by atoms with E-state index in [0.29, 0.717) is 5.69 Å². The molecular weight excluding hydrogens is 298 g/mol. The molecule has 8 heteroatoms. The third kappa shape index (κ3) is 5.17. The number of nitro groups is 1. The van der Waals surface area contributed by atoms with Gasteiger partial charge in [0.2, 0.25) is 12.2 Å². The summed E-state index contributed by atoms with van der Waals surface area (Å²) in [5.41, 5.74) is 1.92. The van der Waals surface area contributed by atoms with Gasteiger partial charge in [0, 0.05) is 10.8 Å². The quantitative estimate of drug-likeness (QED) is 0.458. The van der Waals surface area contributed by atoms with E-state index < -0.39 is 10.9 Å². The number of aromatic nitrogens is 3. The molecule has 1 heterocycles. The highest BCUT2D eigenvalue weighted by atomic mass is 16.6. The first kappa shape index (κ1) is 16.6. The van der Waals surface area contributed by atoms with E-state index in [-0.39, 0.29) is 12.5 Å². The van der Waals surface area contributed by atoms with Crippen LogP contribution in [-0.4, -0.2) is 25.6 Å². The van der Waals surface area contributed by atoms with Gasteiger partial charge < -0.3 is 15.4 Å². The Hall–Kier alpha value is -2.77. The van der Waals surface area contributed by atoms with Gasteiger partial charge in [-0.15, -0.1) is 0 Å². The number of amides is 1. The molecule has 0 aliphatic carbocycles. The number of carbonyl (C=O) groups is 1. The van der Waals surface area contributed by atoms with E-state index in [2.05, 4.69) is 22.3 Å². The largest absolute Gasteiger partial charge is 0.490 e. The minimum absolute atomic E-state index is 0.126. The van der Waals surface area contributed by atoms with Crippen molar-refractivity contribution in [2.75, 3.05) is 5.32 Å². The van der Waals surface area contributed by atoms with Gasteiger partial charge in [-0.05, 0) is 35.5 Å². The van der Waals surface area contributed by atoms with E-state index in [9.17, 15) is 14.9 Å². The summed E-state index contributed by atoms with van der Waals surface area (Å²) in [6, 6.07) is 7.68. The molecule has 0 aliphatic rings. The van der Waals surface area contributed by atoms with E-state index in [0.717, 1.165) is 23.9 Å². The molecule has 0 radical (unpaired) electrons. The zero-order valence-corrected chi connectivity index (χ0v) is 12.9. The van der Waals surface area contributed by atoms with Crippen LogP contribution in [0, 0.1) is 10.1 Å². The third-order valence-electron chi connectivity index (χ3n) is 3.30. The van der Waals surface area contributed by atoms with Crippen molar-refractivity contribution >= 4 is 17.5 Å². The molecule has 0 saturated carbocycles. The fraction of sp³-hybridized carbons (Fsp3) is 0.400. The summed E-state index contributed by atoms with van der Waals surface area (Å²) < 4.78 is 1.13. The second-order valence-electron chi connectivity index (χ2n) is 5.20. The Morgan fingerprint density at radius 2 is 2.04 bits per heavy atom. The zero-order chi connectivity index (χ0) is 16.7. The number of nitrogens with zero attached hydrogens (tertiary/aromatic N) is 4. The summed E-state index contributed by atoms with van der Waals surface area (Å²) in [6.07, 6.45) is 5.75. The molecule has 8 nitrogen and oxygen atoms in total. The lowest BCUT2D eigenvalue weighted by Gasteiger charge is -2.06. The zero-order valence-electron chi connectivity index (χ0n) is 12.9. The van der Waals surface area contributed by atoms with Crippen LogP contribution in [0.1, 0.15) is 31.7 Å². The van der Waals surface area contributed by atoms with Gasteiger partial charge in [-0.3, -0.25) is 4.79 Å². The summed E-state index contributed by atoms with van der Waals surface area (Å²) in [7, 11) is 0. The minimum atomic E-state index is -0.703. The van der Waals surface area contributed by atoms with Crippen molar-refractivity contribution in [1.29, 1.82) is 0 Å². The number of hydrogen-bond acceptors (Lipinski definition) is 5. The van der Waals surface area contributed by atoms with Crippen LogP contribution in [0.5, 0.6) is 0 Å². The van der Waals surface area contributed by atoms with E-state index in [4.69, 9.17) is 0 Å². The number of carbonyl (C=O) groups excluding carboxylic acids is 1. The predicted molar refractivity (Wildman–Crippen MR) is 85.0 cm³/mol. The molecule has 0 bridgehead atoms. The van der Waals surface area contributed by atoms with E-state index >= 15 is 0 Å². The van der Waals surface area contributed by atoms with Crippen molar-refractivity contribution < 1.29 is 9.72 Å². The first-order chi connectivity index (χ1) is 11.1. The van der Waals surface area contributed by atoms with Gasteiger partial charge in [0.15, 0.2) is 0 Å². The number of aryl methyl sites for hydroxylation is 1. The van der Waals surface area contributed by atoms with E-state index in [1.54, 1.807) is 0 Å². The number of nitrogens with one attached hydrogen (secondary N) is 1. The van der Waals surface area contributed by atoms with Crippen LogP contribution in [0.2, 0.25) is 0 Å². The smallest absolute Gasteiger partial charge is 0.390 e. The Morgan fingerprint density at radius 1 is 1.30 bits per heavy atom. The number of unbranched alkanes of at least 4 members (excludes halogenated alkanes) is 2. The highest BCUT2D eigenvalue weighted by Gasteiger charge is 2.15. The average molecular weight is 317 g/mol. The second kappa shape index (κ2) is 8.02. The molecule has 0 aliphatic heterocycles. The van der Waals surface area contributed by atoms with Crippen molar-refractivity contribution in [1.82, 2.24) is 14.8 Å². The van der Waals surface area contributed by atoms with Crippen LogP contribution in [0.25, 0.3) is 0 Å². The fourth-order valence-corrected chi connectivity index (χ4v) is 2.13. The lowest BCUT2D eigenvalue weighted by molar-refractivity contribution is -0.394. The Labute approximate surface area is 133 Å². The van der Waals surface area contributed by atoms with Crippen molar-refractivity contribution in [3.8, 4) is 0 Å². The van der Waals surface area contributed by atoms with Crippen LogP contribution in [-0.2, 0) is 17.8 Å². The molecule has 23 heavy (non-hydrogen) atoms. The van der Waals surface area contributed by atoms with E-state index in [1.165, 1.54) is 18.4 Å². The molecular formula is C15H19N5O3. The van der Waals surface area contributed by atoms with Gasteiger partial charge >= 0.3 is 5.95 Å². The van der Waals surface area contributed by atoms with Crippen LogP contribution in [0.15, 0.2) is 30.6 Å². The van der Waals surface area contributed by atoms with Crippen LogP contribution in [0.4, 0.5) is 11.6 Å². The van der Waals surface area contributed by atoms with Crippen molar-refractivity contribution in [3.63, 3.8) is 0 Å². The molecule has 1 aromatic carbocycles. The summed E-state index contributed by atoms with van der Waals surface area (Å²) >= 11 is 0. The van der Waals surface area contributed by atoms with Gasteiger partial charge in [0.1, 0.15) is 6.54 Å². The average Bonchev–Trinajstić information content (AvgIpc) is 2.98. The number of hydrogen-bond donors (Lipinski definition) is 1. The number of benzene rings is 1. The summed E-state index contributed by atoms with van der Waals surface area (Å²) in [4.78, 5) is 25.2. The highest BCUT2D eigenvalue weighted by Crippen LogP contribution is 2.12. The number of anilines is 1. The lowest BCUT2D eigenvalue weighted by atomic mass is 10.1. The Kier molecular flexibility index (Phi) is 5.79. The standard InChI is InChI=1S/C15H19N5O3/c1-2-3-4-5-12-6-8-13(9-7-12)17-14(21)10-19-11-16-15(18-19)20(22)23/h6-9,11H,2-5,10H2,1H3,(H,17,21). The van der Waals surface area contributed by atoms with Gasteiger partial charge in [0.05, 0.1) is 0 Å². The highest BCUT2D eigenvalue weighted by molar-refractivity contribution is 5.90. The molecule has 1 amide bonds. The molecule has 122 valence electrons. The predicted octanol–water partition coefficient (Wildman–Crippen LogP) is 2.56. The summed E-state index contributed by atoms with van der Waals surface area (Å²) in [5.74, 6) is -0.835. The molecule has 0 saturated heterocycles. The molecule has 0 fully saturated rings. The SMILES string of the molecule is CCCCCc1ccc(NC(=O)Cn2cnc([N+](=O)[O-])n2)cc1. The summed E-state index contributed by atoms with van der Waals surface area (Å²) in [6.45, 7) is 2.04. The lowest BCUT2D eigenvalue weighted by Crippen LogP contribution is -2.19. The first-order valence-electron chi connectivity index (χ1n) is 7.51. The molecule has 1 N–H and O–H groups in total. The normalized spacial score (nSPS) is 10.5. The van der Waals surface area contributed by atoms with Gasteiger partial charge in [-0.25, -0.2) is 0 Å². The van der Waals surface area contributed by atoms with Crippen LogP contribution >= 0.6 is 0 Å². The molecule has 2 aromatic rings. The topological polar surface area (TPSA) is 103 Å². The third-order valence-corrected chi connectivity index (χ3v) is 3.30. The van der Waals surface area contributed by atoms with Crippen molar-refractivity contribution in [2.45, 2.75) is 39.2 Å². The first-order valence-corrected chi connectivity index (χ1v) is 7.51. The minimum Gasteiger partial charge on any atom is -0.390 e. The second-order valence-corrected chi connectivity index (χ2v) is 5.20. The maximum Gasteiger partial charge on any atom is 0.490 e. The molecule has 0 unspecified atom stereocenters. The molecule has 2 rings (SSSR count). The molecule has 0 atom stereocenters. The van der Waals surface area contributed by atoms with Gasteiger partial charge in [0.25, 0.3) is 0 Å². The molecule has 0 spiro atoms. The van der Waals surface area contributed by atoms with Crippen molar-refractivity contribution in [2.24, 2.45) is 0 Å². The fourth-order valence-electron chi connectivity index (χ4n) is 2.13. The monoisotopic (exact) mass is 317 g/mol. The van der Waals surface area contributed by atoms with Gasteiger partial charge in [-0.2, -0.15) is 4.68 Å². The maximum absolute atomic E-state index is 11.9. The van der Waals surface area contributed by atoms with Crippen LogP contribution in [0.3, 0.4) is 0 Å². The Morgan fingerprint density at radius 3 is 2.65 bits per heavy atom. The van der Waals surface area contributed by atoms with Crippen molar-refractivity contribution in [3.05, 3.63) is 46.3 Å². The molecule has 1 aromatic heterocycles. The maximum atomic E-state index is 11.9. The number of rotatable bonds is 8. The summed E-state index contributed by atoms with van der Waals surface area (Å²) in [5, 5.41) is 16.8. The van der Waals surface area contributed by atoms with E-state index in [1.807, 2.05) is 24.3 Å². The Bertz CT molecular complexity index is 666. The van der Waals surface area contributed by atoms with Crippen LogP contribution < -0.4 is 5.32 Å².